The minimum atomic E-state index is -0.539. The van der Waals surface area contributed by atoms with Crippen molar-refractivity contribution in [1.29, 1.82) is 5.26 Å². The van der Waals surface area contributed by atoms with E-state index in [9.17, 15) is 10.1 Å². The van der Waals surface area contributed by atoms with Gasteiger partial charge in [-0.25, -0.2) is 0 Å². The number of nitro groups is 1. The summed E-state index contributed by atoms with van der Waals surface area (Å²) in [6.07, 6.45) is 1.44. The lowest BCUT2D eigenvalue weighted by Crippen LogP contribution is -2.02. The minimum Gasteiger partial charge on any atom is -0.378 e. The van der Waals surface area contributed by atoms with Crippen LogP contribution in [-0.4, -0.2) is 10.1 Å². The van der Waals surface area contributed by atoms with Gasteiger partial charge in [0.2, 0.25) is 0 Å². The maximum atomic E-state index is 10.6. The fraction of sp³-hybridized carbons (Fsp3) is 0.0909. The molecule has 0 spiro atoms. The van der Waals surface area contributed by atoms with E-state index in [-0.39, 0.29) is 11.3 Å². The number of anilines is 1. The number of non-ortho nitro benzene ring substituents is 1. The Bertz CT molecular complexity index is 601. The highest BCUT2D eigenvalue weighted by molar-refractivity contribution is 5.61. The second-order valence-corrected chi connectivity index (χ2v) is 3.44. The van der Waals surface area contributed by atoms with Crippen molar-refractivity contribution < 1.29 is 9.45 Å². The highest BCUT2D eigenvalue weighted by atomic mass is 16.6. The van der Waals surface area contributed by atoms with E-state index < -0.39 is 4.92 Å². The van der Waals surface area contributed by atoms with Gasteiger partial charge in [0.25, 0.3) is 5.69 Å². The van der Waals surface area contributed by atoms with E-state index in [0.717, 1.165) is 0 Å². The molecule has 0 bridgehead atoms. The summed E-state index contributed by atoms with van der Waals surface area (Å²) in [6, 6.07) is 7.66. The molecular weight excluding hydrogens is 236 g/mol. The van der Waals surface area contributed by atoms with Gasteiger partial charge in [-0.15, -0.1) is 0 Å². The van der Waals surface area contributed by atoms with Gasteiger partial charge < -0.3 is 9.84 Å². The molecule has 0 unspecified atom stereocenters. The number of aromatic nitrogens is 1. The van der Waals surface area contributed by atoms with Gasteiger partial charge in [0, 0.05) is 18.2 Å². The van der Waals surface area contributed by atoms with Crippen molar-refractivity contribution in [2.75, 3.05) is 5.32 Å². The van der Waals surface area contributed by atoms with Crippen molar-refractivity contribution in [2.24, 2.45) is 0 Å². The molecule has 18 heavy (non-hydrogen) atoms. The Kier molecular flexibility index (Phi) is 3.20. The molecule has 0 radical (unpaired) electrons. The van der Waals surface area contributed by atoms with Crippen LogP contribution in [0.5, 0.6) is 0 Å². The number of hydrogen-bond acceptors (Lipinski definition) is 6. The molecule has 1 heterocycles. The van der Waals surface area contributed by atoms with E-state index in [4.69, 9.17) is 5.26 Å². The highest BCUT2D eigenvalue weighted by Gasteiger charge is 2.10. The Morgan fingerprint density at radius 1 is 1.50 bits per heavy atom. The maximum absolute atomic E-state index is 10.6. The lowest BCUT2D eigenvalue weighted by Gasteiger charge is -2.05. The monoisotopic (exact) mass is 244 g/mol. The summed E-state index contributed by atoms with van der Waals surface area (Å²) in [5, 5.41) is 26.2. The van der Waals surface area contributed by atoms with Crippen LogP contribution in [0.4, 0.5) is 11.4 Å². The Morgan fingerprint density at radius 3 is 2.94 bits per heavy atom. The Balaban J connectivity index is 2.18. The van der Waals surface area contributed by atoms with Crippen LogP contribution in [0.15, 0.2) is 35.1 Å². The van der Waals surface area contributed by atoms with Crippen molar-refractivity contribution in [2.45, 2.75) is 6.54 Å². The number of nitrogens with zero attached hydrogens (tertiary/aromatic N) is 3. The lowest BCUT2D eigenvalue weighted by molar-refractivity contribution is -0.384. The SMILES string of the molecule is N#Cc1cc([N+](=O)[O-])ccc1NCc1ccon1. The first-order valence-electron chi connectivity index (χ1n) is 5.02. The predicted molar refractivity (Wildman–Crippen MR) is 61.6 cm³/mol. The zero-order valence-corrected chi connectivity index (χ0v) is 9.16. The number of rotatable bonds is 4. The van der Waals surface area contributed by atoms with Crippen LogP contribution in [0, 0.1) is 21.4 Å². The lowest BCUT2D eigenvalue weighted by atomic mass is 10.1. The summed E-state index contributed by atoms with van der Waals surface area (Å²) in [6.45, 7) is 0.378. The second kappa shape index (κ2) is 4.97. The summed E-state index contributed by atoms with van der Waals surface area (Å²) in [4.78, 5) is 10.0. The van der Waals surface area contributed by atoms with Gasteiger partial charge in [-0.1, -0.05) is 5.16 Å². The molecular formula is C11H8N4O3. The van der Waals surface area contributed by atoms with Crippen LogP contribution < -0.4 is 5.32 Å². The predicted octanol–water partition coefficient (Wildman–Crippen LogP) is 2.07. The van der Waals surface area contributed by atoms with Crippen molar-refractivity contribution in [3.05, 3.63) is 51.9 Å². The third kappa shape index (κ3) is 2.44. The van der Waals surface area contributed by atoms with Crippen LogP contribution in [0.25, 0.3) is 0 Å². The zero-order chi connectivity index (χ0) is 13.0. The summed E-state index contributed by atoms with van der Waals surface area (Å²) in [5.74, 6) is 0. The molecule has 0 saturated heterocycles. The fourth-order valence-corrected chi connectivity index (χ4v) is 1.41. The van der Waals surface area contributed by atoms with E-state index >= 15 is 0 Å². The molecule has 1 aromatic heterocycles. The third-order valence-electron chi connectivity index (χ3n) is 2.29. The number of nitrogens with one attached hydrogen (secondary N) is 1. The average Bonchev–Trinajstić information content (AvgIpc) is 2.89. The number of benzene rings is 1. The summed E-state index contributed by atoms with van der Waals surface area (Å²) in [5.41, 5.74) is 1.30. The largest absolute Gasteiger partial charge is 0.378 e. The molecule has 90 valence electrons. The molecule has 2 rings (SSSR count). The third-order valence-corrected chi connectivity index (χ3v) is 2.29. The Hall–Kier alpha value is -2.88. The average molecular weight is 244 g/mol. The van der Waals surface area contributed by atoms with Crippen molar-refractivity contribution in [1.82, 2.24) is 5.16 Å². The van der Waals surface area contributed by atoms with E-state index in [0.29, 0.717) is 17.9 Å². The van der Waals surface area contributed by atoms with Gasteiger partial charge in [-0.05, 0) is 6.07 Å². The first-order valence-corrected chi connectivity index (χ1v) is 5.02. The van der Waals surface area contributed by atoms with Crippen LogP contribution >= 0.6 is 0 Å². The molecule has 0 aliphatic carbocycles. The quantitative estimate of drug-likeness (QED) is 0.651. The van der Waals surface area contributed by atoms with Gasteiger partial charge in [0.05, 0.1) is 22.7 Å². The minimum absolute atomic E-state index is 0.112. The highest BCUT2D eigenvalue weighted by Crippen LogP contribution is 2.21. The normalized spacial score (nSPS) is 9.72. The molecule has 2 aromatic rings. The topological polar surface area (TPSA) is 105 Å². The fourth-order valence-electron chi connectivity index (χ4n) is 1.41. The van der Waals surface area contributed by atoms with Gasteiger partial charge in [0.1, 0.15) is 18.0 Å². The summed E-state index contributed by atoms with van der Waals surface area (Å²) in [7, 11) is 0. The molecule has 0 aliphatic heterocycles. The zero-order valence-electron chi connectivity index (χ0n) is 9.16. The van der Waals surface area contributed by atoms with Crippen LogP contribution in [-0.2, 0) is 6.54 Å². The molecule has 0 fully saturated rings. The molecule has 0 aliphatic rings. The first kappa shape index (κ1) is 11.6. The van der Waals surface area contributed by atoms with Crippen molar-refractivity contribution in [3.63, 3.8) is 0 Å². The second-order valence-electron chi connectivity index (χ2n) is 3.44. The molecule has 0 saturated carbocycles. The number of hydrogen-bond donors (Lipinski definition) is 1. The van der Waals surface area contributed by atoms with Crippen LogP contribution in [0.2, 0.25) is 0 Å². The Labute approximate surface area is 102 Å². The molecule has 1 aromatic carbocycles. The van der Waals surface area contributed by atoms with Crippen molar-refractivity contribution >= 4 is 11.4 Å². The molecule has 7 heteroatoms. The molecule has 7 nitrogen and oxygen atoms in total. The number of nitro benzene ring substituents is 1. The molecule has 0 atom stereocenters. The van der Waals surface area contributed by atoms with Crippen LogP contribution in [0.3, 0.4) is 0 Å². The molecule has 0 amide bonds. The summed E-state index contributed by atoms with van der Waals surface area (Å²) < 4.78 is 4.67. The van der Waals surface area contributed by atoms with Crippen LogP contribution in [0.1, 0.15) is 11.3 Å². The maximum Gasteiger partial charge on any atom is 0.270 e. The molecule has 1 N–H and O–H groups in total. The van der Waals surface area contributed by atoms with Crippen molar-refractivity contribution in [3.8, 4) is 6.07 Å². The van der Waals surface area contributed by atoms with E-state index in [2.05, 4.69) is 15.0 Å². The van der Waals surface area contributed by atoms with Gasteiger partial charge in [-0.2, -0.15) is 5.26 Å². The Morgan fingerprint density at radius 2 is 2.33 bits per heavy atom. The van der Waals surface area contributed by atoms with Gasteiger partial charge in [0.15, 0.2) is 0 Å². The standard InChI is InChI=1S/C11H8N4O3/c12-6-8-5-10(15(16)17)1-2-11(8)13-7-9-3-4-18-14-9/h1-5,13H,7H2. The van der Waals surface area contributed by atoms with Gasteiger partial charge >= 0.3 is 0 Å². The van der Waals surface area contributed by atoms with E-state index in [1.54, 1.807) is 6.07 Å². The summed E-state index contributed by atoms with van der Waals surface area (Å²) >= 11 is 0. The van der Waals surface area contributed by atoms with E-state index in [1.165, 1.54) is 24.5 Å². The van der Waals surface area contributed by atoms with E-state index in [1.807, 2.05) is 6.07 Å². The smallest absolute Gasteiger partial charge is 0.270 e. The number of nitriles is 1. The first-order chi connectivity index (χ1) is 8.70. The van der Waals surface area contributed by atoms with Gasteiger partial charge in [-0.3, -0.25) is 10.1 Å².